The zero-order chi connectivity index (χ0) is 17.4. The molecule has 6 nitrogen and oxygen atoms in total. The summed E-state index contributed by atoms with van der Waals surface area (Å²) in [5, 5.41) is 0. The van der Waals surface area contributed by atoms with E-state index in [0.29, 0.717) is 22.8 Å². The second-order valence-corrected chi connectivity index (χ2v) is 4.69. The van der Waals surface area contributed by atoms with Crippen molar-refractivity contribution < 1.29 is 23.7 Å². The second-order valence-electron chi connectivity index (χ2n) is 4.69. The lowest BCUT2D eigenvalue weighted by molar-refractivity contribution is 0.0550. The number of nitrogens with zero attached hydrogens (tertiary/aromatic N) is 1. The van der Waals surface area contributed by atoms with Crippen molar-refractivity contribution in [3.8, 4) is 17.2 Å². The molecule has 0 unspecified atom stereocenters. The normalized spacial score (nSPS) is 10.5. The molecule has 1 heterocycles. The maximum atomic E-state index is 11.8. The number of hydrogen-bond acceptors (Lipinski definition) is 6. The van der Waals surface area contributed by atoms with E-state index in [1.807, 2.05) is 0 Å². The van der Waals surface area contributed by atoms with Crippen LogP contribution in [0.25, 0.3) is 6.08 Å². The summed E-state index contributed by atoms with van der Waals surface area (Å²) in [4.78, 5) is 15.7. The largest absolute Gasteiger partial charge is 0.496 e. The van der Waals surface area contributed by atoms with Gasteiger partial charge in [0.2, 0.25) is 0 Å². The summed E-state index contributed by atoms with van der Waals surface area (Å²) in [5.41, 5.74) is 1.25. The van der Waals surface area contributed by atoms with Crippen LogP contribution >= 0.6 is 0 Å². The van der Waals surface area contributed by atoms with Gasteiger partial charge in [0.05, 0.1) is 26.9 Å². The van der Waals surface area contributed by atoms with Gasteiger partial charge in [-0.3, -0.25) is 4.98 Å². The number of carbonyl (C=O) groups is 1. The first kappa shape index (κ1) is 17.3. The van der Waals surface area contributed by atoms with Crippen molar-refractivity contribution in [1.82, 2.24) is 4.98 Å². The Morgan fingerprint density at radius 1 is 1.00 bits per heavy atom. The van der Waals surface area contributed by atoms with Crippen LogP contribution in [-0.2, 0) is 4.74 Å². The fourth-order valence-electron chi connectivity index (χ4n) is 2.05. The van der Waals surface area contributed by atoms with Crippen LogP contribution in [0.1, 0.15) is 15.9 Å². The minimum Gasteiger partial charge on any atom is -0.496 e. The van der Waals surface area contributed by atoms with Crippen LogP contribution in [0, 0.1) is 0 Å². The van der Waals surface area contributed by atoms with Crippen LogP contribution in [0.5, 0.6) is 17.2 Å². The molecule has 2 aromatic rings. The van der Waals surface area contributed by atoms with Gasteiger partial charge in [-0.25, -0.2) is 4.79 Å². The van der Waals surface area contributed by atoms with Crippen LogP contribution in [0.3, 0.4) is 0 Å². The van der Waals surface area contributed by atoms with Crippen molar-refractivity contribution in [2.75, 3.05) is 27.9 Å². The molecule has 6 heteroatoms. The Balaban J connectivity index is 2.04. The first-order valence-corrected chi connectivity index (χ1v) is 7.23. The van der Waals surface area contributed by atoms with Gasteiger partial charge in [-0.05, 0) is 24.3 Å². The fraction of sp³-hybridized carbons (Fsp3) is 0.222. The SMILES string of the molecule is COc1cc(OC)c(OC)cc1/C=C/COC(=O)c1ccncc1. The minimum absolute atomic E-state index is 0.138. The van der Waals surface area contributed by atoms with Gasteiger partial charge in [0, 0.05) is 24.0 Å². The minimum atomic E-state index is -0.402. The number of aromatic nitrogens is 1. The number of hydrogen-bond donors (Lipinski definition) is 0. The van der Waals surface area contributed by atoms with E-state index in [4.69, 9.17) is 18.9 Å². The number of ether oxygens (including phenoxy) is 4. The highest BCUT2D eigenvalue weighted by molar-refractivity contribution is 5.89. The van der Waals surface area contributed by atoms with Crippen molar-refractivity contribution in [2.24, 2.45) is 0 Å². The van der Waals surface area contributed by atoms with E-state index >= 15 is 0 Å². The first-order valence-electron chi connectivity index (χ1n) is 7.23. The molecule has 0 amide bonds. The monoisotopic (exact) mass is 329 g/mol. The topological polar surface area (TPSA) is 66.9 Å². The number of carbonyl (C=O) groups excluding carboxylic acids is 1. The van der Waals surface area contributed by atoms with Gasteiger partial charge in [0.1, 0.15) is 12.4 Å². The summed E-state index contributed by atoms with van der Waals surface area (Å²) in [6, 6.07) is 6.73. The van der Waals surface area contributed by atoms with Gasteiger partial charge in [0.15, 0.2) is 11.5 Å². The van der Waals surface area contributed by atoms with E-state index < -0.39 is 5.97 Å². The fourth-order valence-corrected chi connectivity index (χ4v) is 2.05. The molecule has 126 valence electrons. The summed E-state index contributed by atoms with van der Waals surface area (Å²) in [5.74, 6) is 1.40. The van der Waals surface area contributed by atoms with E-state index in [1.165, 1.54) is 0 Å². The Morgan fingerprint density at radius 2 is 1.62 bits per heavy atom. The van der Waals surface area contributed by atoms with Crippen LogP contribution in [0.4, 0.5) is 0 Å². The number of rotatable bonds is 7. The molecule has 1 aromatic heterocycles. The summed E-state index contributed by atoms with van der Waals surface area (Å²) in [7, 11) is 4.70. The van der Waals surface area contributed by atoms with Crippen LogP contribution < -0.4 is 14.2 Å². The smallest absolute Gasteiger partial charge is 0.338 e. The third-order valence-corrected chi connectivity index (χ3v) is 3.26. The van der Waals surface area contributed by atoms with Gasteiger partial charge in [-0.1, -0.05) is 6.08 Å². The highest BCUT2D eigenvalue weighted by Crippen LogP contribution is 2.35. The molecule has 0 aliphatic rings. The van der Waals surface area contributed by atoms with E-state index in [1.54, 1.807) is 70.1 Å². The zero-order valence-electron chi connectivity index (χ0n) is 13.8. The molecule has 0 fully saturated rings. The van der Waals surface area contributed by atoms with Gasteiger partial charge in [-0.15, -0.1) is 0 Å². The van der Waals surface area contributed by atoms with E-state index in [9.17, 15) is 4.79 Å². The van der Waals surface area contributed by atoms with Crippen molar-refractivity contribution in [3.05, 3.63) is 53.9 Å². The number of pyridine rings is 1. The molecule has 1 aromatic carbocycles. The van der Waals surface area contributed by atoms with Crippen LogP contribution in [0.15, 0.2) is 42.7 Å². The third-order valence-electron chi connectivity index (χ3n) is 3.26. The standard InChI is InChI=1S/C18H19NO5/c1-21-15-12-17(23-3)16(22-2)11-14(15)5-4-10-24-18(20)13-6-8-19-9-7-13/h4-9,11-12H,10H2,1-3H3/b5-4+. The van der Waals surface area contributed by atoms with Crippen molar-refractivity contribution in [3.63, 3.8) is 0 Å². The van der Waals surface area contributed by atoms with E-state index in [0.717, 1.165) is 5.56 Å². The molecule has 0 bridgehead atoms. The molecule has 0 saturated heterocycles. The van der Waals surface area contributed by atoms with Gasteiger partial charge in [-0.2, -0.15) is 0 Å². The van der Waals surface area contributed by atoms with Gasteiger partial charge >= 0.3 is 5.97 Å². The van der Waals surface area contributed by atoms with Gasteiger partial charge in [0.25, 0.3) is 0 Å². The Kier molecular flexibility index (Phi) is 6.19. The number of benzene rings is 1. The summed E-state index contributed by atoms with van der Waals surface area (Å²) >= 11 is 0. The maximum absolute atomic E-state index is 11.8. The van der Waals surface area contributed by atoms with E-state index in [-0.39, 0.29) is 6.61 Å². The average molecular weight is 329 g/mol. The Bertz CT molecular complexity index is 713. The molecule has 0 aliphatic heterocycles. The molecular formula is C18H19NO5. The first-order chi connectivity index (χ1) is 11.7. The summed E-state index contributed by atoms with van der Waals surface area (Å²) in [6.45, 7) is 0.138. The predicted molar refractivity (Wildman–Crippen MR) is 89.7 cm³/mol. The second kappa shape index (κ2) is 8.57. The number of methoxy groups -OCH3 is 3. The Morgan fingerprint density at radius 3 is 2.25 bits per heavy atom. The quantitative estimate of drug-likeness (QED) is 0.728. The molecule has 2 rings (SSSR count). The molecule has 24 heavy (non-hydrogen) atoms. The Labute approximate surface area is 140 Å². The van der Waals surface area contributed by atoms with Crippen molar-refractivity contribution in [1.29, 1.82) is 0 Å². The lowest BCUT2D eigenvalue weighted by atomic mass is 10.1. The molecule has 0 atom stereocenters. The predicted octanol–water partition coefficient (Wildman–Crippen LogP) is 2.98. The Hall–Kier alpha value is -3.02. The molecule has 0 radical (unpaired) electrons. The lowest BCUT2D eigenvalue weighted by Gasteiger charge is -2.12. The molecule has 0 aliphatic carbocycles. The summed E-state index contributed by atoms with van der Waals surface area (Å²) in [6.07, 6.45) is 6.60. The maximum Gasteiger partial charge on any atom is 0.338 e. The van der Waals surface area contributed by atoms with Crippen molar-refractivity contribution >= 4 is 12.0 Å². The average Bonchev–Trinajstić information content (AvgIpc) is 2.65. The van der Waals surface area contributed by atoms with Crippen LogP contribution in [0.2, 0.25) is 0 Å². The number of esters is 1. The van der Waals surface area contributed by atoms with E-state index in [2.05, 4.69) is 4.98 Å². The van der Waals surface area contributed by atoms with Gasteiger partial charge < -0.3 is 18.9 Å². The summed E-state index contributed by atoms with van der Waals surface area (Å²) < 4.78 is 21.0. The molecule has 0 N–H and O–H groups in total. The molecule has 0 saturated carbocycles. The molecule has 0 spiro atoms. The molecular weight excluding hydrogens is 310 g/mol. The highest BCUT2D eigenvalue weighted by atomic mass is 16.5. The highest BCUT2D eigenvalue weighted by Gasteiger charge is 2.10. The van der Waals surface area contributed by atoms with Crippen molar-refractivity contribution in [2.45, 2.75) is 0 Å². The zero-order valence-corrected chi connectivity index (χ0v) is 13.8. The lowest BCUT2D eigenvalue weighted by Crippen LogP contribution is -2.04. The third kappa shape index (κ3) is 4.25. The van der Waals surface area contributed by atoms with Crippen LogP contribution in [-0.4, -0.2) is 38.9 Å².